The molecule has 1 aromatic heterocycles. The molecular weight excluding hydrogens is 208 g/mol. The first-order valence-electron chi connectivity index (χ1n) is 5.30. The van der Waals surface area contributed by atoms with Crippen molar-refractivity contribution in [2.24, 2.45) is 0 Å². The van der Waals surface area contributed by atoms with E-state index in [4.69, 9.17) is 9.84 Å². The van der Waals surface area contributed by atoms with Crippen molar-refractivity contribution >= 4 is 5.97 Å². The molecule has 0 spiro atoms. The zero-order chi connectivity index (χ0) is 11.5. The van der Waals surface area contributed by atoms with Crippen LogP contribution in [-0.2, 0) is 22.6 Å². The van der Waals surface area contributed by atoms with Crippen LogP contribution in [0.3, 0.4) is 0 Å². The van der Waals surface area contributed by atoms with Crippen LogP contribution in [-0.4, -0.2) is 27.7 Å². The smallest absolute Gasteiger partial charge is 0.304 e. The first-order valence-corrected chi connectivity index (χ1v) is 5.30. The fraction of sp³-hybridized carbons (Fsp3) is 0.545. The molecule has 5 heteroatoms. The Morgan fingerprint density at radius 3 is 3.19 bits per heavy atom. The van der Waals surface area contributed by atoms with Crippen LogP contribution in [0.1, 0.15) is 36.2 Å². The number of ether oxygens (including phenoxy) is 1. The molecule has 2 rings (SSSR count). The zero-order valence-corrected chi connectivity index (χ0v) is 9.14. The molecule has 5 nitrogen and oxygen atoms in total. The Morgan fingerprint density at radius 2 is 2.44 bits per heavy atom. The van der Waals surface area contributed by atoms with Crippen LogP contribution in [0.2, 0.25) is 0 Å². The maximum Gasteiger partial charge on any atom is 0.304 e. The van der Waals surface area contributed by atoms with Crippen molar-refractivity contribution in [1.82, 2.24) is 9.97 Å². The number of fused-ring (bicyclic) bond motifs is 1. The molecule has 86 valence electrons. The van der Waals surface area contributed by atoms with E-state index in [0.717, 1.165) is 23.4 Å². The summed E-state index contributed by atoms with van der Waals surface area (Å²) in [5.41, 5.74) is 2.78. The van der Waals surface area contributed by atoms with Crippen molar-refractivity contribution in [2.45, 2.75) is 32.3 Å². The summed E-state index contributed by atoms with van der Waals surface area (Å²) < 4.78 is 5.36. The number of hydrogen-bond donors (Lipinski definition) is 1. The van der Waals surface area contributed by atoms with E-state index in [2.05, 4.69) is 9.97 Å². The van der Waals surface area contributed by atoms with Crippen molar-refractivity contribution in [3.05, 3.63) is 23.3 Å². The molecule has 0 bridgehead atoms. The SMILES string of the molecule is CC(CC(=O)O)c1ncnc2c1COCC2. The highest BCUT2D eigenvalue weighted by Gasteiger charge is 2.21. The molecule has 0 radical (unpaired) electrons. The minimum atomic E-state index is -0.809. The minimum Gasteiger partial charge on any atom is -0.481 e. The summed E-state index contributed by atoms with van der Waals surface area (Å²) in [5.74, 6) is -0.910. The first kappa shape index (κ1) is 11.0. The number of carbonyl (C=O) groups is 1. The van der Waals surface area contributed by atoms with Gasteiger partial charge in [0, 0.05) is 17.9 Å². The number of aromatic nitrogens is 2. The molecule has 0 aromatic carbocycles. The van der Waals surface area contributed by atoms with Crippen molar-refractivity contribution < 1.29 is 14.6 Å². The van der Waals surface area contributed by atoms with Gasteiger partial charge in [-0.15, -0.1) is 0 Å². The Kier molecular flexibility index (Phi) is 3.14. The molecule has 1 N–H and O–H groups in total. The topological polar surface area (TPSA) is 72.3 Å². The van der Waals surface area contributed by atoms with Gasteiger partial charge in [0.15, 0.2) is 0 Å². The predicted molar refractivity (Wildman–Crippen MR) is 56.1 cm³/mol. The lowest BCUT2D eigenvalue weighted by atomic mass is 9.96. The van der Waals surface area contributed by atoms with E-state index >= 15 is 0 Å². The van der Waals surface area contributed by atoms with Crippen LogP contribution in [0.4, 0.5) is 0 Å². The largest absolute Gasteiger partial charge is 0.481 e. The standard InChI is InChI=1S/C11H14N2O3/c1-7(4-10(14)15)11-8-5-16-3-2-9(8)12-6-13-11/h6-7H,2-5H2,1H3,(H,14,15). The minimum absolute atomic E-state index is 0.0868. The molecule has 1 aliphatic rings. The average molecular weight is 222 g/mol. The van der Waals surface area contributed by atoms with Crippen LogP contribution in [0.5, 0.6) is 0 Å². The molecule has 16 heavy (non-hydrogen) atoms. The molecule has 0 aliphatic carbocycles. The van der Waals surface area contributed by atoms with E-state index in [1.807, 2.05) is 6.92 Å². The molecule has 0 fully saturated rings. The third-order valence-electron chi connectivity index (χ3n) is 2.75. The van der Waals surface area contributed by atoms with Gasteiger partial charge in [-0.2, -0.15) is 0 Å². The highest BCUT2D eigenvalue weighted by atomic mass is 16.5. The summed E-state index contributed by atoms with van der Waals surface area (Å²) in [4.78, 5) is 19.1. The van der Waals surface area contributed by atoms with Gasteiger partial charge in [0.05, 0.1) is 31.0 Å². The maximum atomic E-state index is 10.7. The van der Waals surface area contributed by atoms with Crippen LogP contribution in [0.15, 0.2) is 6.33 Å². The summed E-state index contributed by atoms with van der Waals surface area (Å²) in [5, 5.41) is 8.77. The fourth-order valence-electron chi connectivity index (χ4n) is 1.96. The molecule has 0 amide bonds. The Morgan fingerprint density at radius 1 is 1.62 bits per heavy atom. The zero-order valence-electron chi connectivity index (χ0n) is 9.14. The summed E-state index contributed by atoms with van der Waals surface area (Å²) in [6.07, 6.45) is 2.38. The molecule has 1 aromatic rings. The van der Waals surface area contributed by atoms with E-state index in [1.54, 1.807) is 0 Å². The van der Waals surface area contributed by atoms with Crippen molar-refractivity contribution in [3.63, 3.8) is 0 Å². The van der Waals surface area contributed by atoms with E-state index in [1.165, 1.54) is 6.33 Å². The van der Waals surface area contributed by atoms with Crippen molar-refractivity contribution in [3.8, 4) is 0 Å². The second-order valence-electron chi connectivity index (χ2n) is 3.99. The van der Waals surface area contributed by atoms with E-state index < -0.39 is 5.97 Å². The lowest BCUT2D eigenvalue weighted by molar-refractivity contribution is -0.137. The Balaban J connectivity index is 2.29. The van der Waals surface area contributed by atoms with Gasteiger partial charge in [-0.3, -0.25) is 4.79 Å². The fourth-order valence-corrected chi connectivity index (χ4v) is 1.96. The molecule has 1 unspecified atom stereocenters. The lowest BCUT2D eigenvalue weighted by Crippen LogP contribution is -2.17. The van der Waals surface area contributed by atoms with Crippen LogP contribution >= 0.6 is 0 Å². The number of carboxylic acid groups (broad SMARTS) is 1. The predicted octanol–water partition coefficient (Wildman–Crippen LogP) is 1.13. The highest BCUT2D eigenvalue weighted by Crippen LogP contribution is 2.25. The average Bonchev–Trinajstić information content (AvgIpc) is 2.27. The van der Waals surface area contributed by atoms with Gasteiger partial charge < -0.3 is 9.84 Å². The van der Waals surface area contributed by atoms with E-state index in [9.17, 15) is 4.79 Å². The summed E-state index contributed by atoms with van der Waals surface area (Å²) >= 11 is 0. The van der Waals surface area contributed by atoms with Crippen molar-refractivity contribution in [2.75, 3.05) is 6.61 Å². The van der Waals surface area contributed by atoms with Crippen LogP contribution in [0.25, 0.3) is 0 Å². The molecule has 2 heterocycles. The second kappa shape index (κ2) is 4.57. The quantitative estimate of drug-likeness (QED) is 0.829. The number of nitrogens with zero attached hydrogens (tertiary/aromatic N) is 2. The van der Waals surface area contributed by atoms with Gasteiger partial charge >= 0.3 is 5.97 Å². The monoisotopic (exact) mass is 222 g/mol. The Bertz CT molecular complexity index is 406. The molecule has 1 aliphatic heterocycles. The molecule has 0 saturated carbocycles. The van der Waals surface area contributed by atoms with Crippen LogP contribution in [0, 0.1) is 0 Å². The summed E-state index contributed by atoms with van der Waals surface area (Å²) in [6, 6.07) is 0. The highest BCUT2D eigenvalue weighted by molar-refractivity contribution is 5.67. The van der Waals surface area contributed by atoms with Gasteiger partial charge in [-0.25, -0.2) is 9.97 Å². The van der Waals surface area contributed by atoms with E-state index in [-0.39, 0.29) is 12.3 Å². The number of carboxylic acids is 1. The summed E-state index contributed by atoms with van der Waals surface area (Å²) in [6.45, 7) is 3.04. The van der Waals surface area contributed by atoms with Gasteiger partial charge in [-0.05, 0) is 0 Å². The third-order valence-corrected chi connectivity index (χ3v) is 2.75. The second-order valence-corrected chi connectivity index (χ2v) is 3.99. The van der Waals surface area contributed by atoms with Crippen molar-refractivity contribution in [1.29, 1.82) is 0 Å². The normalized spacial score (nSPS) is 16.6. The Hall–Kier alpha value is -1.49. The number of aliphatic carboxylic acids is 1. The van der Waals surface area contributed by atoms with Gasteiger partial charge in [0.2, 0.25) is 0 Å². The molecule has 0 saturated heterocycles. The Labute approximate surface area is 93.5 Å². The van der Waals surface area contributed by atoms with Gasteiger partial charge in [0.1, 0.15) is 6.33 Å². The molecular formula is C11H14N2O3. The van der Waals surface area contributed by atoms with Gasteiger partial charge in [0.25, 0.3) is 0 Å². The molecule has 1 atom stereocenters. The number of hydrogen-bond acceptors (Lipinski definition) is 4. The summed E-state index contributed by atoms with van der Waals surface area (Å²) in [7, 11) is 0. The third kappa shape index (κ3) is 2.19. The number of rotatable bonds is 3. The van der Waals surface area contributed by atoms with Crippen LogP contribution < -0.4 is 0 Å². The first-order chi connectivity index (χ1) is 7.68. The van der Waals surface area contributed by atoms with E-state index in [0.29, 0.717) is 13.2 Å². The lowest BCUT2D eigenvalue weighted by Gasteiger charge is -2.20. The maximum absolute atomic E-state index is 10.7. The van der Waals surface area contributed by atoms with Gasteiger partial charge in [-0.1, -0.05) is 6.92 Å².